The van der Waals surface area contributed by atoms with Gasteiger partial charge in [-0.15, -0.1) is 0 Å². The molecular formula is C16H22N2O4S. The van der Waals surface area contributed by atoms with Crippen LogP contribution < -0.4 is 9.46 Å². The first kappa shape index (κ1) is 17.5. The van der Waals surface area contributed by atoms with Crippen molar-refractivity contribution in [1.82, 2.24) is 9.71 Å². The third-order valence-electron chi connectivity index (χ3n) is 3.15. The number of nitrogens with zero attached hydrogens (tertiary/aromatic N) is 1. The Morgan fingerprint density at radius 1 is 1.22 bits per heavy atom. The van der Waals surface area contributed by atoms with Gasteiger partial charge in [-0.2, -0.15) is 0 Å². The third-order valence-corrected chi connectivity index (χ3v) is 4.63. The Hall–Kier alpha value is -1.86. The monoisotopic (exact) mass is 338 g/mol. The second-order valence-corrected chi connectivity index (χ2v) is 7.29. The van der Waals surface area contributed by atoms with Gasteiger partial charge in [0.05, 0.1) is 16.7 Å². The minimum Gasteiger partial charge on any atom is -0.491 e. The first-order valence-corrected chi connectivity index (χ1v) is 8.95. The molecule has 1 N–H and O–H groups in total. The first-order chi connectivity index (χ1) is 10.8. The van der Waals surface area contributed by atoms with E-state index in [1.807, 2.05) is 20.8 Å². The van der Waals surface area contributed by atoms with Crippen molar-refractivity contribution in [3.63, 3.8) is 0 Å². The molecule has 0 spiro atoms. The summed E-state index contributed by atoms with van der Waals surface area (Å²) in [6, 6.07) is 6.37. The van der Waals surface area contributed by atoms with E-state index in [0.717, 1.165) is 5.69 Å². The molecule has 0 bridgehead atoms. The van der Waals surface area contributed by atoms with Gasteiger partial charge in [0.1, 0.15) is 11.5 Å². The summed E-state index contributed by atoms with van der Waals surface area (Å²) in [6.07, 6.45) is 0.504. The number of benzene rings is 1. The van der Waals surface area contributed by atoms with E-state index in [1.165, 1.54) is 12.1 Å². The topological polar surface area (TPSA) is 81.4 Å². The zero-order valence-electron chi connectivity index (χ0n) is 13.8. The van der Waals surface area contributed by atoms with Crippen LogP contribution in [0.4, 0.5) is 0 Å². The normalized spacial score (nSPS) is 11.9. The lowest BCUT2D eigenvalue weighted by Crippen LogP contribution is -2.26. The Morgan fingerprint density at radius 3 is 2.39 bits per heavy atom. The van der Waals surface area contributed by atoms with Crippen LogP contribution in [0.15, 0.2) is 33.6 Å². The minimum absolute atomic E-state index is 0.0455. The maximum atomic E-state index is 12.2. The lowest BCUT2D eigenvalue weighted by molar-refractivity contribution is 0.242. The molecule has 6 nitrogen and oxygen atoms in total. The summed E-state index contributed by atoms with van der Waals surface area (Å²) in [5.41, 5.74) is 0.789. The molecule has 126 valence electrons. The van der Waals surface area contributed by atoms with Gasteiger partial charge in [0.2, 0.25) is 10.0 Å². The molecule has 0 aliphatic heterocycles. The minimum atomic E-state index is -3.55. The van der Waals surface area contributed by atoms with Crippen molar-refractivity contribution >= 4 is 10.0 Å². The number of ether oxygens (including phenoxy) is 1. The second-order valence-electron chi connectivity index (χ2n) is 5.53. The van der Waals surface area contributed by atoms with E-state index >= 15 is 0 Å². The van der Waals surface area contributed by atoms with Gasteiger partial charge < -0.3 is 9.15 Å². The van der Waals surface area contributed by atoms with E-state index in [0.29, 0.717) is 23.8 Å². The van der Waals surface area contributed by atoms with Gasteiger partial charge in [0, 0.05) is 19.9 Å². The highest BCUT2D eigenvalue weighted by atomic mass is 32.2. The number of sulfonamides is 1. The van der Waals surface area contributed by atoms with Crippen molar-refractivity contribution in [1.29, 1.82) is 0 Å². The number of hydrogen-bond acceptors (Lipinski definition) is 5. The van der Waals surface area contributed by atoms with Crippen molar-refractivity contribution in [3.8, 4) is 5.75 Å². The standard InChI is InChI=1S/C16H22N2O4S/c1-11(2)21-14-5-7-15(8-6-14)23(19,20)17-10-9-16-12(3)18-13(4)22-16/h5-8,11,17H,9-10H2,1-4H3. The van der Waals surface area contributed by atoms with E-state index in [4.69, 9.17) is 9.15 Å². The van der Waals surface area contributed by atoms with Crippen LogP contribution in [-0.2, 0) is 16.4 Å². The van der Waals surface area contributed by atoms with Crippen molar-refractivity contribution in [3.05, 3.63) is 41.6 Å². The fourth-order valence-electron chi connectivity index (χ4n) is 2.16. The van der Waals surface area contributed by atoms with Gasteiger partial charge in [-0.3, -0.25) is 0 Å². The molecule has 0 saturated carbocycles. The molecule has 0 amide bonds. The van der Waals surface area contributed by atoms with Crippen LogP contribution in [0.25, 0.3) is 0 Å². The summed E-state index contributed by atoms with van der Waals surface area (Å²) in [6.45, 7) is 7.69. The van der Waals surface area contributed by atoms with Gasteiger partial charge in [-0.1, -0.05) is 0 Å². The van der Waals surface area contributed by atoms with Crippen LogP contribution >= 0.6 is 0 Å². The van der Waals surface area contributed by atoms with E-state index in [1.54, 1.807) is 19.1 Å². The molecule has 7 heteroatoms. The van der Waals surface area contributed by atoms with Crippen LogP contribution in [-0.4, -0.2) is 26.1 Å². The number of hydrogen-bond donors (Lipinski definition) is 1. The second kappa shape index (κ2) is 7.14. The quantitative estimate of drug-likeness (QED) is 0.839. The van der Waals surface area contributed by atoms with Crippen LogP contribution in [0.3, 0.4) is 0 Å². The molecule has 1 aromatic heterocycles. The number of oxazole rings is 1. The summed E-state index contributed by atoms with van der Waals surface area (Å²) in [5, 5.41) is 0. The average Bonchev–Trinajstić information content (AvgIpc) is 2.77. The van der Waals surface area contributed by atoms with Gasteiger partial charge in [-0.05, 0) is 45.0 Å². The first-order valence-electron chi connectivity index (χ1n) is 7.47. The molecule has 0 atom stereocenters. The predicted octanol–water partition coefficient (Wildman–Crippen LogP) is 2.60. The Bertz CT molecular complexity index is 749. The number of rotatable bonds is 7. The Morgan fingerprint density at radius 2 is 1.87 bits per heavy atom. The lowest BCUT2D eigenvalue weighted by atomic mass is 10.3. The van der Waals surface area contributed by atoms with Crippen molar-refractivity contribution in [2.24, 2.45) is 0 Å². The molecule has 0 aliphatic carbocycles. The molecule has 0 aliphatic rings. The Kier molecular flexibility index (Phi) is 5.43. The average molecular weight is 338 g/mol. The zero-order valence-corrected chi connectivity index (χ0v) is 14.6. The lowest BCUT2D eigenvalue weighted by Gasteiger charge is -2.10. The summed E-state index contributed by atoms with van der Waals surface area (Å²) in [5.74, 6) is 1.93. The summed E-state index contributed by atoms with van der Waals surface area (Å²) in [4.78, 5) is 4.37. The molecular weight excluding hydrogens is 316 g/mol. The molecule has 0 saturated heterocycles. The number of aromatic nitrogens is 1. The van der Waals surface area contributed by atoms with E-state index in [9.17, 15) is 8.42 Å². The number of aryl methyl sites for hydroxylation is 2. The Labute approximate surface area is 136 Å². The molecule has 1 heterocycles. The molecule has 0 fully saturated rings. The largest absolute Gasteiger partial charge is 0.491 e. The summed E-state index contributed by atoms with van der Waals surface area (Å²) in [7, 11) is -3.55. The molecule has 0 unspecified atom stereocenters. The smallest absolute Gasteiger partial charge is 0.240 e. The zero-order chi connectivity index (χ0) is 17.0. The van der Waals surface area contributed by atoms with Gasteiger partial charge in [-0.25, -0.2) is 18.1 Å². The van der Waals surface area contributed by atoms with Crippen molar-refractivity contribution < 1.29 is 17.6 Å². The van der Waals surface area contributed by atoms with Gasteiger partial charge >= 0.3 is 0 Å². The molecule has 0 radical (unpaired) electrons. The van der Waals surface area contributed by atoms with Crippen LogP contribution in [0, 0.1) is 13.8 Å². The summed E-state index contributed by atoms with van der Waals surface area (Å²) >= 11 is 0. The fourth-order valence-corrected chi connectivity index (χ4v) is 3.19. The molecule has 2 rings (SSSR count). The summed E-state index contributed by atoms with van der Waals surface area (Å²) < 4.78 is 38.0. The maximum Gasteiger partial charge on any atom is 0.240 e. The van der Waals surface area contributed by atoms with Gasteiger partial charge in [0.15, 0.2) is 5.89 Å². The van der Waals surface area contributed by atoms with E-state index < -0.39 is 10.0 Å². The van der Waals surface area contributed by atoms with E-state index in [-0.39, 0.29) is 17.5 Å². The maximum absolute atomic E-state index is 12.2. The Balaban J connectivity index is 1.97. The highest BCUT2D eigenvalue weighted by Gasteiger charge is 2.15. The van der Waals surface area contributed by atoms with E-state index in [2.05, 4.69) is 9.71 Å². The van der Waals surface area contributed by atoms with Crippen LogP contribution in [0.5, 0.6) is 5.75 Å². The third kappa shape index (κ3) is 4.80. The van der Waals surface area contributed by atoms with Crippen LogP contribution in [0.2, 0.25) is 0 Å². The fraction of sp³-hybridized carbons (Fsp3) is 0.438. The van der Waals surface area contributed by atoms with Crippen LogP contribution in [0.1, 0.15) is 31.2 Å². The van der Waals surface area contributed by atoms with Gasteiger partial charge in [0.25, 0.3) is 0 Å². The highest BCUT2D eigenvalue weighted by molar-refractivity contribution is 7.89. The number of nitrogens with one attached hydrogen (secondary N) is 1. The highest BCUT2D eigenvalue weighted by Crippen LogP contribution is 2.17. The van der Waals surface area contributed by atoms with Crippen molar-refractivity contribution in [2.75, 3.05) is 6.54 Å². The molecule has 1 aromatic carbocycles. The van der Waals surface area contributed by atoms with Crippen molar-refractivity contribution in [2.45, 2.75) is 45.1 Å². The molecule has 2 aromatic rings. The SMILES string of the molecule is Cc1nc(C)c(CCNS(=O)(=O)c2ccc(OC(C)C)cc2)o1. The predicted molar refractivity (Wildman–Crippen MR) is 87.1 cm³/mol. The molecule has 23 heavy (non-hydrogen) atoms.